The number of amides is 2. The summed E-state index contributed by atoms with van der Waals surface area (Å²) >= 11 is 1.88. The summed E-state index contributed by atoms with van der Waals surface area (Å²) in [6.45, 7) is 1.60. The van der Waals surface area contributed by atoms with Crippen molar-refractivity contribution in [2.45, 2.75) is 49.4 Å². The summed E-state index contributed by atoms with van der Waals surface area (Å²) in [5.74, 6) is 0. The van der Waals surface area contributed by atoms with E-state index in [1.165, 1.54) is 12.8 Å². The molecule has 0 bridgehead atoms. The lowest BCUT2D eigenvalue weighted by atomic mass is 10.1. The van der Waals surface area contributed by atoms with Crippen molar-refractivity contribution >= 4 is 17.8 Å². The SMILES string of the molecule is CS[C@@H]1CCC[C@H]1NC(=O)N1CCC(n2cncn2)CC1. The Morgan fingerprint density at radius 1 is 1.29 bits per heavy atom. The molecule has 1 saturated carbocycles. The molecule has 0 aromatic carbocycles. The van der Waals surface area contributed by atoms with Crippen LogP contribution < -0.4 is 5.32 Å². The van der Waals surface area contributed by atoms with Gasteiger partial charge >= 0.3 is 6.03 Å². The smallest absolute Gasteiger partial charge is 0.317 e. The van der Waals surface area contributed by atoms with Crippen molar-refractivity contribution in [1.29, 1.82) is 0 Å². The van der Waals surface area contributed by atoms with Gasteiger partial charge in [-0.25, -0.2) is 14.5 Å². The number of hydrogen-bond donors (Lipinski definition) is 1. The molecule has 6 nitrogen and oxygen atoms in total. The lowest BCUT2D eigenvalue weighted by Crippen LogP contribution is -2.49. The highest BCUT2D eigenvalue weighted by atomic mass is 32.2. The average molecular weight is 309 g/mol. The number of carbonyl (C=O) groups is 1. The summed E-state index contributed by atoms with van der Waals surface area (Å²) < 4.78 is 1.91. The van der Waals surface area contributed by atoms with Crippen LogP contribution in [-0.4, -0.2) is 56.3 Å². The van der Waals surface area contributed by atoms with Gasteiger partial charge in [0.1, 0.15) is 12.7 Å². The molecule has 2 aliphatic rings. The van der Waals surface area contributed by atoms with E-state index in [1.54, 1.807) is 12.7 Å². The molecule has 1 aromatic heterocycles. The van der Waals surface area contributed by atoms with Crippen LogP contribution in [0.3, 0.4) is 0 Å². The zero-order valence-electron chi connectivity index (χ0n) is 12.4. The zero-order chi connectivity index (χ0) is 14.7. The van der Waals surface area contributed by atoms with E-state index in [1.807, 2.05) is 21.3 Å². The highest BCUT2D eigenvalue weighted by Gasteiger charge is 2.30. The average Bonchev–Trinajstić information content (AvgIpc) is 3.18. The Kier molecular flexibility index (Phi) is 4.67. The molecule has 2 amide bonds. The first-order valence-corrected chi connectivity index (χ1v) is 8.99. The summed E-state index contributed by atoms with van der Waals surface area (Å²) in [6, 6.07) is 0.834. The standard InChI is InChI=1S/C14H23N5OS/c1-21-13-4-2-3-12(13)17-14(20)18-7-5-11(6-8-18)19-10-15-9-16-19/h9-13H,2-8H2,1H3,(H,17,20)/t12-,13-/m1/s1. The lowest BCUT2D eigenvalue weighted by Gasteiger charge is -2.33. The van der Waals surface area contributed by atoms with Crippen LogP contribution in [0.4, 0.5) is 4.79 Å². The lowest BCUT2D eigenvalue weighted by molar-refractivity contribution is 0.165. The third-order valence-electron chi connectivity index (χ3n) is 4.63. The third-order valence-corrected chi connectivity index (χ3v) is 5.80. The van der Waals surface area contributed by atoms with Gasteiger partial charge in [0.05, 0.1) is 6.04 Å². The van der Waals surface area contributed by atoms with Crippen LogP contribution in [0.2, 0.25) is 0 Å². The van der Waals surface area contributed by atoms with Gasteiger partial charge in [0.2, 0.25) is 0 Å². The summed E-state index contributed by atoms with van der Waals surface area (Å²) in [5.41, 5.74) is 0. The minimum atomic E-state index is 0.109. The fraction of sp³-hybridized carbons (Fsp3) is 0.786. The van der Waals surface area contributed by atoms with E-state index < -0.39 is 0 Å². The highest BCUT2D eigenvalue weighted by molar-refractivity contribution is 7.99. The first-order valence-electron chi connectivity index (χ1n) is 7.70. The summed E-state index contributed by atoms with van der Waals surface area (Å²) in [7, 11) is 0. The van der Waals surface area contributed by atoms with E-state index in [-0.39, 0.29) is 6.03 Å². The predicted octanol–water partition coefficient (Wildman–Crippen LogP) is 1.91. The van der Waals surface area contributed by atoms with Crippen LogP contribution in [0.25, 0.3) is 0 Å². The Hall–Kier alpha value is -1.24. The van der Waals surface area contributed by atoms with Gasteiger partial charge in [-0.2, -0.15) is 16.9 Å². The summed E-state index contributed by atoms with van der Waals surface area (Å²) in [6.07, 6.45) is 10.9. The second-order valence-corrected chi connectivity index (χ2v) is 6.93. The summed E-state index contributed by atoms with van der Waals surface area (Å²) in [5, 5.41) is 8.01. The topological polar surface area (TPSA) is 63.1 Å². The van der Waals surface area contributed by atoms with Crippen LogP contribution >= 0.6 is 11.8 Å². The fourth-order valence-corrected chi connectivity index (χ4v) is 4.30. The predicted molar refractivity (Wildman–Crippen MR) is 83.3 cm³/mol. The Balaban J connectivity index is 1.49. The largest absolute Gasteiger partial charge is 0.334 e. The highest BCUT2D eigenvalue weighted by Crippen LogP contribution is 2.29. The third kappa shape index (κ3) is 3.33. The molecule has 21 heavy (non-hydrogen) atoms. The minimum Gasteiger partial charge on any atom is -0.334 e. The van der Waals surface area contributed by atoms with Crippen molar-refractivity contribution in [3.8, 4) is 0 Å². The number of aromatic nitrogens is 3. The maximum atomic E-state index is 12.4. The van der Waals surface area contributed by atoms with Crippen LogP contribution in [0.15, 0.2) is 12.7 Å². The Morgan fingerprint density at radius 2 is 2.10 bits per heavy atom. The number of hydrogen-bond acceptors (Lipinski definition) is 4. The summed E-state index contributed by atoms with van der Waals surface area (Å²) in [4.78, 5) is 18.3. The molecule has 7 heteroatoms. The number of thioether (sulfide) groups is 1. The Morgan fingerprint density at radius 3 is 2.76 bits per heavy atom. The van der Waals surface area contributed by atoms with E-state index in [9.17, 15) is 4.79 Å². The van der Waals surface area contributed by atoms with Crippen molar-refractivity contribution < 1.29 is 4.79 Å². The quantitative estimate of drug-likeness (QED) is 0.926. The first kappa shape index (κ1) is 14.7. The molecule has 2 atom stereocenters. The number of rotatable bonds is 3. The van der Waals surface area contributed by atoms with Crippen molar-refractivity contribution in [3.63, 3.8) is 0 Å². The molecule has 2 fully saturated rings. The van der Waals surface area contributed by atoms with Gasteiger partial charge in [0.15, 0.2) is 0 Å². The minimum absolute atomic E-state index is 0.109. The molecule has 2 heterocycles. The number of urea groups is 1. The monoisotopic (exact) mass is 309 g/mol. The molecule has 0 radical (unpaired) electrons. The Bertz CT molecular complexity index is 458. The second-order valence-electron chi connectivity index (χ2n) is 5.85. The number of nitrogens with one attached hydrogen (secondary N) is 1. The molecule has 1 aromatic rings. The van der Waals surface area contributed by atoms with Crippen molar-refractivity contribution in [3.05, 3.63) is 12.7 Å². The van der Waals surface area contributed by atoms with Crippen molar-refractivity contribution in [2.75, 3.05) is 19.3 Å². The van der Waals surface area contributed by atoms with E-state index in [4.69, 9.17) is 0 Å². The molecular weight excluding hydrogens is 286 g/mol. The van der Waals surface area contributed by atoms with Gasteiger partial charge in [0.25, 0.3) is 0 Å². The van der Waals surface area contributed by atoms with E-state index in [0.717, 1.165) is 32.4 Å². The van der Waals surface area contributed by atoms with Gasteiger partial charge in [-0.05, 0) is 31.9 Å². The molecule has 1 aliphatic heterocycles. The number of nitrogens with zero attached hydrogens (tertiary/aromatic N) is 4. The molecule has 1 saturated heterocycles. The Labute approximate surface area is 129 Å². The van der Waals surface area contributed by atoms with Gasteiger partial charge < -0.3 is 10.2 Å². The van der Waals surface area contributed by atoms with Crippen LogP contribution in [-0.2, 0) is 0 Å². The molecule has 1 N–H and O–H groups in total. The molecular formula is C14H23N5OS. The van der Waals surface area contributed by atoms with E-state index in [0.29, 0.717) is 17.3 Å². The van der Waals surface area contributed by atoms with Crippen molar-refractivity contribution in [1.82, 2.24) is 25.0 Å². The molecule has 116 valence electrons. The van der Waals surface area contributed by atoms with E-state index in [2.05, 4.69) is 21.7 Å². The normalized spacial score (nSPS) is 27.0. The van der Waals surface area contributed by atoms with Crippen LogP contribution in [0, 0.1) is 0 Å². The first-order chi connectivity index (χ1) is 10.3. The molecule has 3 rings (SSSR count). The number of likely N-dealkylation sites (tertiary alicyclic amines) is 1. The molecule has 0 unspecified atom stereocenters. The fourth-order valence-electron chi connectivity index (χ4n) is 3.36. The second kappa shape index (κ2) is 6.68. The molecule has 1 aliphatic carbocycles. The van der Waals surface area contributed by atoms with Crippen molar-refractivity contribution in [2.24, 2.45) is 0 Å². The van der Waals surface area contributed by atoms with Gasteiger partial charge in [0, 0.05) is 24.4 Å². The van der Waals surface area contributed by atoms with Crippen LogP contribution in [0.5, 0.6) is 0 Å². The number of carbonyl (C=O) groups excluding carboxylic acids is 1. The molecule has 0 spiro atoms. The zero-order valence-corrected chi connectivity index (χ0v) is 13.3. The van der Waals surface area contributed by atoms with Gasteiger partial charge in [-0.3, -0.25) is 0 Å². The van der Waals surface area contributed by atoms with Gasteiger partial charge in [-0.15, -0.1) is 0 Å². The maximum absolute atomic E-state index is 12.4. The number of piperidine rings is 1. The van der Waals surface area contributed by atoms with Crippen LogP contribution in [0.1, 0.15) is 38.1 Å². The van der Waals surface area contributed by atoms with Gasteiger partial charge in [-0.1, -0.05) is 6.42 Å². The maximum Gasteiger partial charge on any atom is 0.317 e. The van der Waals surface area contributed by atoms with E-state index >= 15 is 0 Å².